The highest BCUT2D eigenvalue weighted by atomic mass is 14.6. The number of nitrogens with zero attached hydrogens (tertiary/aromatic N) is 1. The average molecular weight is 201 g/mol. The van der Waals surface area contributed by atoms with E-state index < -0.39 is 0 Å². The number of para-hydroxylation sites is 1. The van der Waals surface area contributed by atoms with Gasteiger partial charge in [0.05, 0.1) is 5.52 Å². The summed E-state index contributed by atoms with van der Waals surface area (Å²) in [5.74, 6) is 0.833. The number of aromatic nitrogens is 1. The zero-order valence-corrected chi connectivity index (χ0v) is 9.99. The second-order valence-corrected chi connectivity index (χ2v) is 4.44. The highest BCUT2D eigenvalue weighted by molar-refractivity contribution is 5.78. The van der Waals surface area contributed by atoms with Gasteiger partial charge in [-0.05, 0) is 30.5 Å². The summed E-state index contributed by atoms with van der Waals surface area (Å²) in [6, 6.07) is 10.3. The second-order valence-electron chi connectivity index (χ2n) is 4.44. The molecule has 1 aromatic carbocycles. The molecule has 0 amide bonds. The number of aryl methyl sites for hydroxylation is 1. The van der Waals surface area contributed by atoms with Gasteiger partial charge in [0.2, 0.25) is 0 Å². The van der Waals surface area contributed by atoms with Gasteiger partial charge in [0, 0.05) is 11.6 Å². The maximum absolute atomic E-state index is 4.28. The van der Waals surface area contributed by atoms with Crippen molar-refractivity contribution in [3.8, 4) is 0 Å². The highest BCUT2D eigenvalue weighted by Gasteiger charge is 1.90. The topological polar surface area (TPSA) is 12.9 Å². The number of pyridine rings is 1. The molecule has 0 unspecified atom stereocenters. The van der Waals surface area contributed by atoms with E-state index in [-0.39, 0.29) is 0 Å². The predicted octanol–water partition coefficient (Wildman–Crippen LogP) is 4.21. The lowest BCUT2D eigenvalue weighted by molar-refractivity contribution is 0.737. The minimum absolute atomic E-state index is 0.833. The van der Waals surface area contributed by atoms with Gasteiger partial charge in [0.25, 0.3) is 0 Å². The molecule has 0 atom stereocenters. The van der Waals surface area contributed by atoms with Gasteiger partial charge in [-0.3, -0.25) is 4.98 Å². The van der Waals surface area contributed by atoms with Crippen LogP contribution in [0.4, 0.5) is 0 Å². The van der Waals surface area contributed by atoms with Crippen LogP contribution in [0.5, 0.6) is 0 Å². The molecule has 0 spiro atoms. The molecule has 0 aliphatic rings. The molecule has 0 bridgehead atoms. The predicted molar refractivity (Wildman–Crippen MR) is 67.0 cm³/mol. The van der Waals surface area contributed by atoms with Crippen LogP contribution in [0.2, 0.25) is 0 Å². The van der Waals surface area contributed by atoms with E-state index in [4.69, 9.17) is 0 Å². The molecule has 1 nitrogen and oxygen atoms in total. The third-order valence-corrected chi connectivity index (χ3v) is 1.73. The van der Waals surface area contributed by atoms with Crippen molar-refractivity contribution in [3.63, 3.8) is 0 Å². The van der Waals surface area contributed by atoms with Gasteiger partial charge in [0.1, 0.15) is 0 Å². The van der Waals surface area contributed by atoms with Gasteiger partial charge < -0.3 is 0 Å². The first-order valence-electron chi connectivity index (χ1n) is 5.41. The Kier molecular flexibility index (Phi) is 4.29. The first-order chi connectivity index (χ1) is 7.09. The molecule has 2 aromatic rings. The van der Waals surface area contributed by atoms with Crippen LogP contribution < -0.4 is 0 Å². The van der Waals surface area contributed by atoms with Crippen LogP contribution in [-0.2, 0) is 0 Å². The molecular weight excluding hydrogens is 182 g/mol. The van der Waals surface area contributed by atoms with Crippen molar-refractivity contribution in [2.24, 2.45) is 5.92 Å². The Morgan fingerprint density at radius 1 is 1.07 bits per heavy atom. The summed E-state index contributed by atoms with van der Waals surface area (Å²) in [7, 11) is 0. The van der Waals surface area contributed by atoms with Crippen LogP contribution in [0.15, 0.2) is 36.5 Å². The van der Waals surface area contributed by atoms with Crippen molar-refractivity contribution in [3.05, 3.63) is 42.1 Å². The molecule has 1 aromatic heterocycles. The van der Waals surface area contributed by atoms with E-state index >= 15 is 0 Å². The van der Waals surface area contributed by atoms with Crippen molar-refractivity contribution in [2.45, 2.75) is 27.7 Å². The lowest BCUT2D eigenvalue weighted by Gasteiger charge is -1.95. The third kappa shape index (κ3) is 4.11. The van der Waals surface area contributed by atoms with E-state index in [1.165, 1.54) is 10.9 Å². The van der Waals surface area contributed by atoms with Crippen LogP contribution in [-0.4, -0.2) is 4.98 Å². The van der Waals surface area contributed by atoms with E-state index in [2.05, 4.69) is 44.8 Å². The van der Waals surface area contributed by atoms with Crippen LogP contribution in [0.25, 0.3) is 10.9 Å². The molecule has 0 fully saturated rings. The number of rotatable bonds is 0. The van der Waals surface area contributed by atoms with Crippen molar-refractivity contribution < 1.29 is 0 Å². The normalized spacial score (nSPS) is 9.93. The Bertz CT molecular complexity index is 416. The van der Waals surface area contributed by atoms with Crippen molar-refractivity contribution in [2.75, 3.05) is 0 Å². The molecule has 0 saturated heterocycles. The summed E-state index contributed by atoms with van der Waals surface area (Å²) >= 11 is 0. The largest absolute Gasteiger partial charge is 0.256 e. The van der Waals surface area contributed by atoms with Gasteiger partial charge >= 0.3 is 0 Å². The zero-order chi connectivity index (χ0) is 11.3. The van der Waals surface area contributed by atoms with Gasteiger partial charge in [-0.25, -0.2) is 0 Å². The zero-order valence-electron chi connectivity index (χ0n) is 9.99. The maximum Gasteiger partial charge on any atom is 0.0702 e. The Balaban J connectivity index is 0.000000245. The summed E-state index contributed by atoms with van der Waals surface area (Å²) in [5.41, 5.74) is 2.28. The molecule has 80 valence electrons. The van der Waals surface area contributed by atoms with Gasteiger partial charge in [-0.2, -0.15) is 0 Å². The molecule has 0 saturated carbocycles. The van der Waals surface area contributed by atoms with E-state index in [1.807, 2.05) is 24.4 Å². The quantitative estimate of drug-likeness (QED) is 0.622. The van der Waals surface area contributed by atoms with Crippen LogP contribution in [0.3, 0.4) is 0 Å². The molecule has 2 rings (SSSR count). The Morgan fingerprint density at radius 3 is 2.33 bits per heavy atom. The summed E-state index contributed by atoms with van der Waals surface area (Å²) in [5, 5.41) is 1.22. The number of fused-ring (bicyclic) bond motifs is 1. The Hall–Kier alpha value is -1.37. The highest BCUT2D eigenvalue weighted by Crippen LogP contribution is 2.11. The van der Waals surface area contributed by atoms with Crippen LogP contribution in [0.1, 0.15) is 26.3 Å². The molecule has 0 radical (unpaired) electrons. The van der Waals surface area contributed by atoms with Gasteiger partial charge in [-0.15, -0.1) is 0 Å². The summed E-state index contributed by atoms with van der Waals surface area (Å²) in [6.45, 7) is 8.56. The first kappa shape index (κ1) is 11.7. The van der Waals surface area contributed by atoms with Crippen molar-refractivity contribution in [1.82, 2.24) is 4.98 Å². The number of hydrogen-bond acceptors (Lipinski definition) is 1. The van der Waals surface area contributed by atoms with Crippen LogP contribution in [0, 0.1) is 12.8 Å². The summed E-state index contributed by atoms with van der Waals surface area (Å²) in [4.78, 5) is 4.28. The van der Waals surface area contributed by atoms with Gasteiger partial charge in [-0.1, -0.05) is 39.0 Å². The van der Waals surface area contributed by atoms with E-state index in [0.29, 0.717) is 0 Å². The third-order valence-electron chi connectivity index (χ3n) is 1.73. The Labute approximate surface area is 92.2 Å². The van der Waals surface area contributed by atoms with Crippen molar-refractivity contribution in [1.29, 1.82) is 0 Å². The minimum Gasteiger partial charge on any atom is -0.256 e. The lowest BCUT2D eigenvalue weighted by Crippen LogP contribution is -1.78. The number of hydrogen-bond donors (Lipinski definition) is 0. The van der Waals surface area contributed by atoms with E-state index in [9.17, 15) is 0 Å². The number of benzene rings is 1. The van der Waals surface area contributed by atoms with Crippen molar-refractivity contribution >= 4 is 10.9 Å². The average Bonchev–Trinajstić information content (AvgIpc) is 2.16. The summed E-state index contributed by atoms with van der Waals surface area (Å²) in [6.07, 6.45) is 1.89. The molecular formula is C14H19N. The second kappa shape index (κ2) is 5.50. The molecule has 0 N–H and O–H groups in total. The summed E-state index contributed by atoms with van der Waals surface area (Å²) < 4.78 is 0. The molecule has 1 heterocycles. The molecule has 15 heavy (non-hydrogen) atoms. The fourth-order valence-electron chi connectivity index (χ4n) is 1.18. The van der Waals surface area contributed by atoms with Crippen LogP contribution >= 0.6 is 0 Å². The lowest BCUT2D eigenvalue weighted by atomic mass is 10.2. The maximum atomic E-state index is 4.28. The molecule has 1 heteroatoms. The fraction of sp³-hybridized carbons (Fsp3) is 0.357. The van der Waals surface area contributed by atoms with E-state index in [1.54, 1.807) is 0 Å². The monoisotopic (exact) mass is 201 g/mol. The molecule has 0 aliphatic carbocycles. The standard InChI is InChI=1S/C10H9N.C4H10/c1-8-6-9-4-2-3-5-10(9)11-7-8;1-4(2)3/h2-7H,1H3;4H,1-3H3. The Morgan fingerprint density at radius 2 is 1.67 bits per heavy atom. The SMILES string of the molecule is CC(C)C.Cc1cnc2ccccc2c1. The smallest absolute Gasteiger partial charge is 0.0702 e. The molecule has 0 aliphatic heterocycles. The fourth-order valence-corrected chi connectivity index (χ4v) is 1.18. The van der Waals surface area contributed by atoms with E-state index in [0.717, 1.165) is 11.4 Å². The first-order valence-corrected chi connectivity index (χ1v) is 5.41. The van der Waals surface area contributed by atoms with Gasteiger partial charge in [0.15, 0.2) is 0 Å². The minimum atomic E-state index is 0.833.